The van der Waals surface area contributed by atoms with Gasteiger partial charge in [0, 0.05) is 6.04 Å². The van der Waals surface area contributed by atoms with E-state index in [0.29, 0.717) is 16.9 Å². The molecule has 0 aromatic carbocycles. The van der Waals surface area contributed by atoms with Crippen LogP contribution in [0.5, 0.6) is 0 Å². The number of nitrogens with one attached hydrogen (secondary N) is 1. The molecule has 0 saturated heterocycles. The van der Waals surface area contributed by atoms with Crippen LogP contribution in [0, 0.1) is 10.8 Å². The highest BCUT2D eigenvalue weighted by molar-refractivity contribution is 4.93. The van der Waals surface area contributed by atoms with Gasteiger partial charge in [-0.05, 0) is 36.3 Å². The van der Waals surface area contributed by atoms with Crippen molar-refractivity contribution in [3.63, 3.8) is 0 Å². The molecule has 13 heavy (non-hydrogen) atoms. The van der Waals surface area contributed by atoms with Crippen LogP contribution in [0.15, 0.2) is 12.8 Å². The Kier molecular flexibility index (Phi) is 2.74. The van der Waals surface area contributed by atoms with Crippen LogP contribution in [0.25, 0.3) is 0 Å². The van der Waals surface area contributed by atoms with E-state index in [0.717, 1.165) is 0 Å². The van der Waals surface area contributed by atoms with Gasteiger partial charge in [0.2, 0.25) is 0 Å². The molecule has 1 aliphatic rings. The highest BCUT2D eigenvalue weighted by Crippen LogP contribution is 2.45. The smallest absolute Gasteiger partial charge is 0.0265 e. The summed E-state index contributed by atoms with van der Waals surface area (Å²) < 4.78 is 0. The lowest BCUT2D eigenvalue weighted by molar-refractivity contribution is 0.0902. The van der Waals surface area contributed by atoms with Gasteiger partial charge in [0.05, 0.1) is 0 Å². The Balaban J connectivity index is 2.66. The van der Waals surface area contributed by atoms with Gasteiger partial charge in [-0.2, -0.15) is 0 Å². The summed E-state index contributed by atoms with van der Waals surface area (Å²) in [5.74, 6) is 0. The molecule has 0 atom stereocenters. The first kappa shape index (κ1) is 10.6. The van der Waals surface area contributed by atoms with Crippen LogP contribution in [-0.2, 0) is 0 Å². The Bertz CT molecular complexity index is 175. The zero-order chi connectivity index (χ0) is 10.1. The van der Waals surface area contributed by atoms with Gasteiger partial charge in [-0.15, -0.1) is 0 Å². The maximum atomic E-state index is 3.74. The molecule has 1 saturated carbocycles. The molecule has 1 nitrogen and oxygen atoms in total. The first-order chi connectivity index (χ1) is 5.85. The van der Waals surface area contributed by atoms with E-state index < -0.39 is 0 Å². The van der Waals surface area contributed by atoms with Crippen LogP contribution in [-0.4, -0.2) is 6.04 Å². The van der Waals surface area contributed by atoms with E-state index in [4.69, 9.17) is 0 Å². The SMILES string of the molecule is C=CNC1CC(C)(C)CC(C)(C)C1. The highest BCUT2D eigenvalue weighted by atomic mass is 14.9. The summed E-state index contributed by atoms with van der Waals surface area (Å²) >= 11 is 0. The van der Waals surface area contributed by atoms with Crippen molar-refractivity contribution in [1.82, 2.24) is 5.32 Å². The third-order valence-electron chi connectivity index (χ3n) is 2.91. The molecular weight excluding hydrogens is 158 g/mol. The lowest BCUT2D eigenvalue weighted by Crippen LogP contribution is -2.42. The maximum absolute atomic E-state index is 3.74. The minimum atomic E-state index is 0.475. The molecule has 0 heterocycles. The van der Waals surface area contributed by atoms with Gasteiger partial charge >= 0.3 is 0 Å². The van der Waals surface area contributed by atoms with E-state index in [1.54, 1.807) is 0 Å². The monoisotopic (exact) mass is 181 g/mol. The number of rotatable bonds is 2. The van der Waals surface area contributed by atoms with Crippen molar-refractivity contribution in [2.24, 2.45) is 10.8 Å². The van der Waals surface area contributed by atoms with Crippen LogP contribution in [0.4, 0.5) is 0 Å². The third kappa shape index (κ3) is 3.06. The zero-order valence-electron chi connectivity index (χ0n) is 9.48. The topological polar surface area (TPSA) is 12.0 Å². The molecule has 0 aromatic rings. The highest BCUT2D eigenvalue weighted by Gasteiger charge is 2.37. The van der Waals surface area contributed by atoms with Gasteiger partial charge in [0.15, 0.2) is 0 Å². The second-order valence-corrected chi connectivity index (χ2v) is 5.98. The van der Waals surface area contributed by atoms with Crippen molar-refractivity contribution in [3.05, 3.63) is 12.8 Å². The zero-order valence-corrected chi connectivity index (χ0v) is 9.48. The largest absolute Gasteiger partial charge is 0.389 e. The predicted octanol–water partition coefficient (Wildman–Crippen LogP) is 3.32. The summed E-state index contributed by atoms with van der Waals surface area (Å²) in [4.78, 5) is 0. The summed E-state index contributed by atoms with van der Waals surface area (Å²) in [6.07, 6.45) is 5.70. The van der Waals surface area contributed by atoms with Crippen LogP contribution in [0.3, 0.4) is 0 Å². The fourth-order valence-electron chi connectivity index (χ4n) is 3.13. The van der Waals surface area contributed by atoms with Crippen LogP contribution in [0.2, 0.25) is 0 Å². The molecule has 0 unspecified atom stereocenters. The van der Waals surface area contributed by atoms with Crippen molar-refractivity contribution < 1.29 is 0 Å². The molecule has 1 N–H and O–H groups in total. The summed E-state index contributed by atoms with van der Waals surface area (Å²) in [6, 6.07) is 0.622. The Hall–Kier alpha value is -0.460. The first-order valence-electron chi connectivity index (χ1n) is 5.22. The predicted molar refractivity (Wildman–Crippen MR) is 58.5 cm³/mol. The Morgan fingerprint density at radius 3 is 2.00 bits per heavy atom. The third-order valence-corrected chi connectivity index (χ3v) is 2.91. The van der Waals surface area contributed by atoms with Crippen LogP contribution >= 0.6 is 0 Å². The van der Waals surface area contributed by atoms with E-state index in [1.165, 1.54) is 19.3 Å². The molecule has 1 heteroatoms. The van der Waals surface area contributed by atoms with E-state index in [2.05, 4.69) is 39.6 Å². The summed E-state index contributed by atoms with van der Waals surface area (Å²) in [5.41, 5.74) is 0.949. The molecule has 1 aliphatic carbocycles. The first-order valence-corrected chi connectivity index (χ1v) is 5.22. The van der Waals surface area contributed by atoms with Crippen molar-refractivity contribution >= 4 is 0 Å². The molecule has 0 aromatic heterocycles. The van der Waals surface area contributed by atoms with E-state index in [-0.39, 0.29) is 0 Å². The molecule has 0 radical (unpaired) electrons. The molecule has 0 amide bonds. The van der Waals surface area contributed by atoms with Crippen molar-refractivity contribution in [3.8, 4) is 0 Å². The van der Waals surface area contributed by atoms with Crippen LogP contribution in [0.1, 0.15) is 47.0 Å². The summed E-state index contributed by atoms with van der Waals surface area (Å²) in [7, 11) is 0. The normalized spacial score (nSPS) is 26.8. The second kappa shape index (κ2) is 3.36. The minimum Gasteiger partial charge on any atom is -0.389 e. The van der Waals surface area contributed by atoms with E-state index in [9.17, 15) is 0 Å². The standard InChI is InChI=1S/C12H23N/c1-6-13-10-7-11(2,3)9-12(4,5)8-10/h6,10,13H,1,7-9H2,2-5H3. The molecule has 0 spiro atoms. The van der Waals surface area contributed by atoms with E-state index in [1.807, 2.05) is 6.20 Å². The number of hydrogen-bond donors (Lipinski definition) is 1. The Morgan fingerprint density at radius 1 is 1.15 bits per heavy atom. The van der Waals surface area contributed by atoms with Gasteiger partial charge in [-0.25, -0.2) is 0 Å². The fourth-order valence-corrected chi connectivity index (χ4v) is 3.13. The van der Waals surface area contributed by atoms with Crippen molar-refractivity contribution in [1.29, 1.82) is 0 Å². The van der Waals surface area contributed by atoms with Gasteiger partial charge in [0.25, 0.3) is 0 Å². The van der Waals surface area contributed by atoms with Crippen molar-refractivity contribution in [2.45, 2.75) is 53.0 Å². The van der Waals surface area contributed by atoms with Gasteiger partial charge < -0.3 is 5.32 Å². The Labute approximate surface area is 82.6 Å². The van der Waals surface area contributed by atoms with Crippen LogP contribution < -0.4 is 5.32 Å². The average Bonchev–Trinajstić information content (AvgIpc) is 1.78. The maximum Gasteiger partial charge on any atom is 0.0265 e. The molecule has 1 rings (SSSR count). The molecule has 0 bridgehead atoms. The molecular formula is C12H23N. The lowest BCUT2D eigenvalue weighted by atomic mass is 9.63. The summed E-state index contributed by atoms with van der Waals surface area (Å²) in [6.45, 7) is 13.2. The van der Waals surface area contributed by atoms with E-state index >= 15 is 0 Å². The minimum absolute atomic E-state index is 0.475. The summed E-state index contributed by atoms with van der Waals surface area (Å²) in [5, 5.41) is 3.36. The second-order valence-electron chi connectivity index (χ2n) is 5.98. The average molecular weight is 181 g/mol. The van der Waals surface area contributed by atoms with Gasteiger partial charge in [-0.3, -0.25) is 0 Å². The van der Waals surface area contributed by atoms with Gasteiger partial charge in [-0.1, -0.05) is 34.3 Å². The van der Waals surface area contributed by atoms with Gasteiger partial charge in [0.1, 0.15) is 0 Å². The number of hydrogen-bond acceptors (Lipinski definition) is 1. The fraction of sp³-hybridized carbons (Fsp3) is 0.833. The molecule has 76 valence electrons. The quantitative estimate of drug-likeness (QED) is 0.689. The molecule has 0 aliphatic heterocycles. The van der Waals surface area contributed by atoms with Crippen molar-refractivity contribution in [2.75, 3.05) is 0 Å². The lowest BCUT2D eigenvalue weighted by Gasteiger charge is -2.45. The molecule has 1 fully saturated rings. The Morgan fingerprint density at radius 2 is 1.62 bits per heavy atom.